The molecule has 2 N–H and O–H groups in total. The second-order valence-corrected chi connectivity index (χ2v) is 3.53. The zero-order chi connectivity index (χ0) is 7.68. The quantitative estimate of drug-likeness (QED) is 0.593. The summed E-state index contributed by atoms with van der Waals surface area (Å²) in [5, 5.41) is 12.4. The third-order valence-electron chi connectivity index (χ3n) is 2.46. The molecule has 2 fully saturated rings. The Balaban J connectivity index is 1.79. The van der Waals surface area contributed by atoms with Crippen molar-refractivity contribution in [3.8, 4) is 0 Å². The number of nitrogens with one attached hydrogen (secondary N) is 1. The first-order valence-electron chi connectivity index (χ1n) is 4.35. The topological polar surface area (TPSA) is 41.5 Å². The van der Waals surface area contributed by atoms with E-state index in [2.05, 4.69) is 5.32 Å². The Morgan fingerprint density at radius 3 is 2.82 bits per heavy atom. The molecule has 64 valence electrons. The molecule has 2 atom stereocenters. The molecule has 1 saturated heterocycles. The lowest BCUT2D eigenvalue weighted by Crippen LogP contribution is -2.38. The van der Waals surface area contributed by atoms with Crippen molar-refractivity contribution in [1.29, 1.82) is 0 Å². The maximum Gasteiger partial charge on any atom is 0.0624 e. The SMILES string of the molecule is OCC1COCC1NC1CC1. The molecule has 0 aromatic rings. The van der Waals surface area contributed by atoms with Crippen LogP contribution in [0.1, 0.15) is 12.8 Å². The van der Waals surface area contributed by atoms with E-state index in [-0.39, 0.29) is 6.61 Å². The second-order valence-electron chi connectivity index (χ2n) is 3.53. The van der Waals surface area contributed by atoms with Crippen molar-refractivity contribution in [3.63, 3.8) is 0 Å². The van der Waals surface area contributed by atoms with Crippen LogP contribution in [0.4, 0.5) is 0 Å². The van der Waals surface area contributed by atoms with Gasteiger partial charge in [0.05, 0.1) is 13.2 Å². The van der Waals surface area contributed by atoms with Gasteiger partial charge in [-0.1, -0.05) is 0 Å². The predicted molar refractivity (Wildman–Crippen MR) is 41.3 cm³/mol. The van der Waals surface area contributed by atoms with Crippen LogP contribution in [0.25, 0.3) is 0 Å². The molecule has 0 aromatic carbocycles. The average Bonchev–Trinajstić information content (AvgIpc) is 2.68. The highest BCUT2D eigenvalue weighted by molar-refractivity contribution is 4.89. The molecule has 11 heavy (non-hydrogen) atoms. The Morgan fingerprint density at radius 2 is 2.18 bits per heavy atom. The Hall–Kier alpha value is -0.120. The van der Waals surface area contributed by atoms with Crippen molar-refractivity contribution in [1.82, 2.24) is 5.32 Å². The van der Waals surface area contributed by atoms with Crippen LogP contribution in [0.5, 0.6) is 0 Å². The van der Waals surface area contributed by atoms with Crippen LogP contribution in [-0.4, -0.2) is 37.0 Å². The number of ether oxygens (including phenoxy) is 1. The molecule has 3 heteroatoms. The zero-order valence-corrected chi connectivity index (χ0v) is 6.62. The van der Waals surface area contributed by atoms with Crippen molar-refractivity contribution in [2.24, 2.45) is 5.92 Å². The molecule has 2 rings (SSSR count). The van der Waals surface area contributed by atoms with E-state index < -0.39 is 0 Å². The summed E-state index contributed by atoms with van der Waals surface area (Å²) in [7, 11) is 0. The van der Waals surface area contributed by atoms with Gasteiger partial charge in [0, 0.05) is 24.6 Å². The minimum absolute atomic E-state index is 0.254. The van der Waals surface area contributed by atoms with Gasteiger partial charge in [-0.3, -0.25) is 0 Å². The molecule has 3 nitrogen and oxygen atoms in total. The molecule has 2 unspecified atom stereocenters. The van der Waals surface area contributed by atoms with Crippen molar-refractivity contribution in [2.45, 2.75) is 24.9 Å². The van der Waals surface area contributed by atoms with Gasteiger partial charge in [-0.25, -0.2) is 0 Å². The van der Waals surface area contributed by atoms with Crippen LogP contribution in [-0.2, 0) is 4.74 Å². The molecule has 1 heterocycles. The van der Waals surface area contributed by atoms with Gasteiger partial charge in [-0.05, 0) is 12.8 Å². The first-order valence-corrected chi connectivity index (χ1v) is 4.35. The van der Waals surface area contributed by atoms with Gasteiger partial charge in [0.15, 0.2) is 0 Å². The Bertz CT molecular complexity index is 136. The van der Waals surface area contributed by atoms with Gasteiger partial charge in [0.1, 0.15) is 0 Å². The number of aliphatic hydroxyl groups is 1. The molecule has 0 bridgehead atoms. The molecular formula is C8H15NO2. The van der Waals surface area contributed by atoms with Gasteiger partial charge in [0.25, 0.3) is 0 Å². The van der Waals surface area contributed by atoms with Crippen molar-refractivity contribution < 1.29 is 9.84 Å². The highest BCUT2D eigenvalue weighted by Gasteiger charge is 2.32. The Morgan fingerprint density at radius 1 is 1.36 bits per heavy atom. The van der Waals surface area contributed by atoms with E-state index in [9.17, 15) is 0 Å². The third kappa shape index (κ3) is 1.72. The molecule has 0 aromatic heterocycles. The van der Waals surface area contributed by atoms with Crippen LogP contribution in [0.3, 0.4) is 0 Å². The first kappa shape index (κ1) is 7.53. The summed E-state index contributed by atoms with van der Waals surface area (Å²) in [6.07, 6.45) is 2.60. The highest BCUT2D eigenvalue weighted by atomic mass is 16.5. The Kier molecular flexibility index (Phi) is 2.11. The predicted octanol–water partition coefficient (Wildman–Crippen LogP) is -0.254. The fourth-order valence-electron chi connectivity index (χ4n) is 1.52. The summed E-state index contributed by atoms with van der Waals surface area (Å²) in [5.41, 5.74) is 0. The number of hydrogen-bond donors (Lipinski definition) is 2. The van der Waals surface area contributed by atoms with E-state index in [1.807, 2.05) is 0 Å². The fourth-order valence-corrected chi connectivity index (χ4v) is 1.52. The van der Waals surface area contributed by atoms with Gasteiger partial charge < -0.3 is 15.2 Å². The summed E-state index contributed by atoms with van der Waals surface area (Å²) in [4.78, 5) is 0. The molecule has 0 radical (unpaired) electrons. The van der Waals surface area contributed by atoms with E-state index >= 15 is 0 Å². The molecule has 1 aliphatic heterocycles. The molecule has 2 aliphatic rings. The fraction of sp³-hybridized carbons (Fsp3) is 1.00. The highest BCUT2D eigenvalue weighted by Crippen LogP contribution is 2.23. The van der Waals surface area contributed by atoms with Crippen LogP contribution < -0.4 is 5.32 Å². The van der Waals surface area contributed by atoms with Crippen molar-refractivity contribution in [3.05, 3.63) is 0 Å². The van der Waals surface area contributed by atoms with E-state index in [1.165, 1.54) is 12.8 Å². The van der Waals surface area contributed by atoms with E-state index in [0.717, 1.165) is 19.3 Å². The molecule has 1 saturated carbocycles. The van der Waals surface area contributed by atoms with Crippen LogP contribution in [0.15, 0.2) is 0 Å². The van der Waals surface area contributed by atoms with E-state index in [4.69, 9.17) is 9.84 Å². The third-order valence-corrected chi connectivity index (χ3v) is 2.46. The Labute approximate surface area is 66.7 Å². The number of aliphatic hydroxyl groups excluding tert-OH is 1. The van der Waals surface area contributed by atoms with Crippen molar-refractivity contribution >= 4 is 0 Å². The minimum Gasteiger partial charge on any atom is -0.396 e. The van der Waals surface area contributed by atoms with E-state index in [0.29, 0.717) is 12.0 Å². The summed E-state index contributed by atoms with van der Waals surface area (Å²) in [6.45, 7) is 1.76. The monoisotopic (exact) mass is 157 g/mol. The molecular weight excluding hydrogens is 142 g/mol. The number of hydrogen-bond acceptors (Lipinski definition) is 3. The summed E-state index contributed by atoms with van der Waals surface area (Å²) < 4.78 is 5.27. The standard InChI is InChI=1S/C8H15NO2/c10-3-6-4-11-5-8(6)9-7-1-2-7/h6-10H,1-5H2. The smallest absolute Gasteiger partial charge is 0.0624 e. The van der Waals surface area contributed by atoms with Crippen LogP contribution in [0, 0.1) is 5.92 Å². The largest absolute Gasteiger partial charge is 0.396 e. The zero-order valence-electron chi connectivity index (χ0n) is 6.62. The van der Waals surface area contributed by atoms with Gasteiger partial charge in [0.2, 0.25) is 0 Å². The van der Waals surface area contributed by atoms with Gasteiger partial charge >= 0.3 is 0 Å². The lowest BCUT2D eigenvalue weighted by atomic mass is 10.1. The van der Waals surface area contributed by atoms with Gasteiger partial charge in [-0.2, -0.15) is 0 Å². The first-order chi connectivity index (χ1) is 5.40. The van der Waals surface area contributed by atoms with Crippen molar-refractivity contribution in [2.75, 3.05) is 19.8 Å². The van der Waals surface area contributed by atoms with Crippen LogP contribution >= 0.6 is 0 Å². The number of rotatable bonds is 3. The molecule has 0 spiro atoms. The maximum absolute atomic E-state index is 8.95. The molecule has 1 aliphatic carbocycles. The maximum atomic E-state index is 8.95. The average molecular weight is 157 g/mol. The minimum atomic E-state index is 0.254. The summed E-state index contributed by atoms with van der Waals surface area (Å²) >= 11 is 0. The lowest BCUT2D eigenvalue weighted by molar-refractivity contribution is 0.160. The molecule has 0 amide bonds. The normalized spacial score (nSPS) is 37.9. The van der Waals surface area contributed by atoms with Gasteiger partial charge in [-0.15, -0.1) is 0 Å². The lowest BCUT2D eigenvalue weighted by Gasteiger charge is -2.15. The summed E-state index contributed by atoms with van der Waals surface area (Å²) in [5.74, 6) is 0.329. The second kappa shape index (κ2) is 3.09. The van der Waals surface area contributed by atoms with Crippen LogP contribution in [0.2, 0.25) is 0 Å². The summed E-state index contributed by atoms with van der Waals surface area (Å²) in [6, 6.07) is 1.13. The van der Waals surface area contributed by atoms with E-state index in [1.54, 1.807) is 0 Å².